The van der Waals surface area contributed by atoms with Gasteiger partial charge in [-0.2, -0.15) is 0 Å². The van der Waals surface area contributed by atoms with Crippen LogP contribution in [0.1, 0.15) is 43.4 Å². The van der Waals surface area contributed by atoms with Gasteiger partial charge in [0.1, 0.15) is 11.5 Å². The lowest BCUT2D eigenvalue weighted by Crippen LogP contribution is -2.46. The molecule has 7 heteroatoms. The Hall–Kier alpha value is -4.26. The van der Waals surface area contributed by atoms with Gasteiger partial charge in [0, 0.05) is 37.3 Å². The Morgan fingerprint density at radius 2 is 1.74 bits per heavy atom. The molecule has 0 bridgehead atoms. The standard InChI is InChI=1S/C32H36N3O4/c1-4-9-24-14-16-28(17-15-24)39-22-32(37)34-27(18-26-19-33-30-12-7-6-11-29(26)30)21-35(23(2)36)20-25-10-5-8-13-31(25)38-3/h5-8,10-17,19,27H,4,9,18,20-22H2,1-3H3,(H,34,37). The fraction of sp³-hybridized carbons (Fsp3) is 0.312. The SMILES string of the molecule is CCCc1ccc(OCC(=O)NC(CC2=C[N]c3ccccc32)CN(Cc2ccccc2OC)C(C)=O)cc1. The van der Waals surface area contributed by atoms with Crippen LogP contribution in [0.5, 0.6) is 11.5 Å². The van der Waals surface area contributed by atoms with Crippen LogP contribution in [0.3, 0.4) is 0 Å². The van der Waals surface area contributed by atoms with Gasteiger partial charge >= 0.3 is 0 Å². The number of amides is 2. The summed E-state index contributed by atoms with van der Waals surface area (Å²) in [7, 11) is 1.62. The summed E-state index contributed by atoms with van der Waals surface area (Å²) in [5.74, 6) is 1.03. The van der Waals surface area contributed by atoms with Crippen LogP contribution in [0.2, 0.25) is 0 Å². The van der Waals surface area contributed by atoms with E-state index in [-0.39, 0.29) is 24.5 Å². The summed E-state index contributed by atoms with van der Waals surface area (Å²) >= 11 is 0. The molecule has 3 aromatic rings. The normalized spacial score (nSPS) is 12.5. The van der Waals surface area contributed by atoms with Crippen LogP contribution in [0.4, 0.5) is 5.69 Å². The van der Waals surface area contributed by atoms with E-state index in [2.05, 4.69) is 17.6 Å². The first kappa shape index (κ1) is 27.8. The second kappa shape index (κ2) is 13.5. The Morgan fingerprint density at radius 1 is 1.00 bits per heavy atom. The fourth-order valence-electron chi connectivity index (χ4n) is 4.73. The largest absolute Gasteiger partial charge is 0.496 e. The third-order valence-corrected chi connectivity index (χ3v) is 6.71. The van der Waals surface area contributed by atoms with Crippen LogP contribution in [-0.2, 0) is 22.6 Å². The second-order valence-electron chi connectivity index (χ2n) is 9.66. The number of nitrogens with zero attached hydrogens (tertiary/aromatic N) is 2. The lowest BCUT2D eigenvalue weighted by molar-refractivity contribution is -0.131. The Labute approximate surface area is 230 Å². The van der Waals surface area contributed by atoms with Gasteiger partial charge < -0.3 is 19.7 Å². The van der Waals surface area contributed by atoms with Crippen LogP contribution >= 0.6 is 0 Å². The number of rotatable bonds is 13. The van der Waals surface area contributed by atoms with E-state index in [0.29, 0.717) is 31.0 Å². The lowest BCUT2D eigenvalue weighted by Gasteiger charge is -2.28. The average molecular weight is 527 g/mol. The van der Waals surface area contributed by atoms with Crippen molar-refractivity contribution in [1.82, 2.24) is 15.5 Å². The van der Waals surface area contributed by atoms with Crippen molar-refractivity contribution < 1.29 is 19.1 Å². The number of benzene rings is 3. The number of para-hydroxylation sites is 2. The Balaban J connectivity index is 1.47. The molecule has 7 nitrogen and oxygen atoms in total. The first-order valence-electron chi connectivity index (χ1n) is 13.3. The molecule has 1 aliphatic rings. The molecule has 1 unspecified atom stereocenters. The highest BCUT2D eigenvalue weighted by atomic mass is 16.5. The number of fused-ring (bicyclic) bond motifs is 1. The smallest absolute Gasteiger partial charge is 0.258 e. The van der Waals surface area contributed by atoms with Crippen molar-refractivity contribution in [3.8, 4) is 11.5 Å². The summed E-state index contributed by atoms with van der Waals surface area (Å²) in [6, 6.07) is 23.0. The molecule has 3 aromatic carbocycles. The summed E-state index contributed by atoms with van der Waals surface area (Å²) in [5, 5.41) is 7.62. The predicted molar refractivity (Wildman–Crippen MR) is 153 cm³/mol. The fourth-order valence-corrected chi connectivity index (χ4v) is 4.73. The van der Waals surface area contributed by atoms with Crippen LogP contribution < -0.4 is 20.1 Å². The zero-order valence-corrected chi connectivity index (χ0v) is 22.9. The van der Waals surface area contributed by atoms with Gasteiger partial charge in [0.05, 0.1) is 18.8 Å². The van der Waals surface area contributed by atoms with Gasteiger partial charge in [-0.1, -0.05) is 61.9 Å². The first-order chi connectivity index (χ1) is 19.0. The Morgan fingerprint density at radius 3 is 2.49 bits per heavy atom. The number of methoxy groups -OCH3 is 1. The molecule has 203 valence electrons. The van der Waals surface area contributed by atoms with Crippen LogP contribution in [0, 0.1) is 0 Å². The number of ether oxygens (including phenoxy) is 2. The molecule has 0 spiro atoms. The second-order valence-corrected chi connectivity index (χ2v) is 9.66. The summed E-state index contributed by atoms with van der Waals surface area (Å²) in [4.78, 5) is 27.5. The van der Waals surface area contributed by atoms with Gasteiger partial charge in [-0.05, 0) is 48.2 Å². The van der Waals surface area contributed by atoms with Gasteiger partial charge in [0.2, 0.25) is 5.91 Å². The Bertz CT molecular complexity index is 1300. The average Bonchev–Trinajstić information content (AvgIpc) is 3.35. The highest BCUT2D eigenvalue weighted by Crippen LogP contribution is 2.33. The van der Waals surface area contributed by atoms with Crippen molar-refractivity contribution in [3.63, 3.8) is 0 Å². The molecule has 0 aliphatic carbocycles. The van der Waals surface area contributed by atoms with Gasteiger partial charge in [-0.15, -0.1) is 0 Å². The van der Waals surface area contributed by atoms with E-state index in [9.17, 15) is 9.59 Å². The van der Waals surface area contributed by atoms with Crippen molar-refractivity contribution in [2.24, 2.45) is 0 Å². The van der Waals surface area contributed by atoms with E-state index in [1.165, 1.54) is 5.56 Å². The zero-order chi connectivity index (χ0) is 27.6. The lowest BCUT2D eigenvalue weighted by atomic mass is 9.99. The predicted octanol–water partition coefficient (Wildman–Crippen LogP) is 5.24. The molecule has 4 rings (SSSR count). The molecule has 2 amide bonds. The maximum absolute atomic E-state index is 13.0. The van der Waals surface area contributed by atoms with Crippen molar-refractivity contribution >= 4 is 23.1 Å². The van der Waals surface area contributed by atoms with Gasteiger partial charge in [0.15, 0.2) is 6.61 Å². The molecule has 39 heavy (non-hydrogen) atoms. The molecule has 1 atom stereocenters. The van der Waals surface area contributed by atoms with E-state index < -0.39 is 0 Å². The van der Waals surface area contributed by atoms with Crippen molar-refractivity contribution in [2.75, 3.05) is 20.3 Å². The minimum absolute atomic E-state index is 0.0888. The number of hydrogen-bond donors (Lipinski definition) is 1. The van der Waals surface area contributed by atoms with E-state index in [1.54, 1.807) is 18.9 Å². The summed E-state index contributed by atoms with van der Waals surface area (Å²) in [6.07, 6.45) is 4.45. The molecular formula is C32H36N3O4. The third kappa shape index (κ3) is 7.63. The monoisotopic (exact) mass is 526 g/mol. The molecule has 0 saturated heterocycles. The van der Waals surface area contributed by atoms with E-state index in [0.717, 1.165) is 35.2 Å². The van der Waals surface area contributed by atoms with Crippen molar-refractivity contribution in [2.45, 2.75) is 45.7 Å². The third-order valence-electron chi connectivity index (χ3n) is 6.71. The minimum Gasteiger partial charge on any atom is -0.496 e. The van der Waals surface area contributed by atoms with E-state index in [4.69, 9.17) is 9.47 Å². The van der Waals surface area contributed by atoms with Crippen molar-refractivity contribution in [3.05, 3.63) is 95.7 Å². The molecule has 1 aliphatic heterocycles. The quantitative estimate of drug-likeness (QED) is 0.330. The summed E-state index contributed by atoms with van der Waals surface area (Å²) in [6.45, 7) is 4.26. The van der Waals surface area contributed by atoms with Gasteiger partial charge in [-0.25, -0.2) is 0 Å². The molecule has 0 saturated carbocycles. The number of hydrogen-bond acceptors (Lipinski definition) is 4. The minimum atomic E-state index is -0.348. The van der Waals surface area contributed by atoms with Crippen LogP contribution in [-0.4, -0.2) is 43.0 Å². The molecule has 1 N–H and O–H groups in total. The summed E-state index contributed by atoms with van der Waals surface area (Å²) in [5.41, 5.74) is 5.10. The number of aryl methyl sites for hydroxylation is 1. The van der Waals surface area contributed by atoms with Crippen LogP contribution in [0.15, 0.2) is 79.0 Å². The highest BCUT2D eigenvalue weighted by molar-refractivity contribution is 5.81. The summed E-state index contributed by atoms with van der Waals surface area (Å²) < 4.78 is 11.3. The molecule has 1 radical (unpaired) electrons. The van der Waals surface area contributed by atoms with Gasteiger partial charge in [-0.3, -0.25) is 14.9 Å². The number of nitrogens with one attached hydrogen (secondary N) is 1. The topological polar surface area (TPSA) is 82.0 Å². The highest BCUT2D eigenvalue weighted by Gasteiger charge is 2.24. The number of carbonyl (C=O) groups is 2. The number of carbonyl (C=O) groups excluding carboxylic acids is 2. The van der Waals surface area contributed by atoms with E-state index in [1.807, 2.05) is 79.0 Å². The maximum Gasteiger partial charge on any atom is 0.258 e. The van der Waals surface area contributed by atoms with E-state index >= 15 is 0 Å². The molecule has 0 aromatic heterocycles. The molecular weight excluding hydrogens is 490 g/mol. The van der Waals surface area contributed by atoms with Crippen LogP contribution in [0.25, 0.3) is 5.57 Å². The molecule has 1 heterocycles. The first-order valence-corrected chi connectivity index (χ1v) is 13.3. The zero-order valence-electron chi connectivity index (χ0n) is 22.9. The maximum atomic E-state index is 13.0. The Kier molecular flexibility index (Phi) is 9.62. The van der Waals surface area contributed by atoms with Crippen molar-refractivity contribution in [1.29, 1.82) is 0 Å². The molecule has 0 fully saturated rings. The van der Waals surface area contributed by atoms with Gasteiger partial charge in [0.25, 0.3) is 5.91 Å².